The Morgan fingerprint density at radius 2 is 1.91 bits per heavy atom. The molecule has 0 aliphatic heterocycles. The van der Waals surface area contributed by atoms with E-state index in [4.69, 9.17) is 0 Å². The molecule has 0 fully saturated rings. The highest BCUT2D eigenvalue weighted by molar-refractivity contribution is 5.71. The second-order valence-corrected chi connectivity index (χ2v) is 4.16. The number of allylic oxidation sites excluding steroid dienone is 2. The van der Waals surface area contributed by atoms with Crippen molar-refractivity contribution in [3.05, 3.63) is 11.6 Å². The Morgan fingerprint density at radius 1 is 1.36 bits per heavy atom. The Balaban J connectivity index is 3.96. The molecule has 0 rings (SSSR count). The van der Waals surface area contributed by atoms with Gasteiger partial charge in [0.2, 0.25) is 0 Å². The van der Waals surface area contributed by atoms with Crippen LogP contribution >= 0.6 is 0 Å². The first-order valence-electron chi connectivity index (χ1n) is 4.03. The lowest BCUT2D eigenvalue weighted by Crippen LogP contribution is -2.04. The summed E-state index contributed by atoms with van der Waals surface area (Å²) in [5.74, 6) is 0. The first kappa shape index (κ1) is 10.4. The summed E-state index contributed by atoms with van der Waals surface area (Å²) in [5.41, 5.74) is 1.78. The molecule has 0 aliphatic rings. The van der Waals surface area contributed by atoms with Crippen LogP contribution in [0.25, 0.3) is 0 Å². The highest BCUT2D eigenvalue weighted by atomic mass is 14.6. The molecule has 0 unspecified atom stereocenters. The van der Waals surface area contributed by atoms with Crippen molar-refractivity contribution >= 4 is 6.21 Å². The highest BCUT2D eigenvalue weighted by Gasteiger charge is 2.09. The fourth-order valence-corrected chi connectivity index (χ4v) is 1.10. The van der Waals surface area contributed by atoms with Gasteiger partial charge in [-0.25, -0.2) is 0 Å². The Labute approximate surface area is 70.2 Å². The molecule has 0 atom stereocenters. The van der Waals surface area contributed by atoms with Gasteiger partial charge in [-0.1, -0.05) is 26.3 Å². The summed E-state index contributed by atoms with van der Waals surface area (Å²) in [6, 6.07) is 0. The molecule has 0 N–H and O–H groups in total. The van der Waals surface area contributed by atoms with Gasteiger partial charge in [-0.2, -0.15) is 0 Å². The molecule has 1 nitrogen and oxygen atoms in total. The van der Waals surface area contributed by atoms with Gasteiger partial charge in [0.1, 0.15) is 0 Å². The van der Waals surface area contributed by atoms with E-state index in [2.05, 4.69) is 38.8 Å². The zero-order chi connectivity index (χ0) is 8.91. The third-order valence-electron chi connectivity index (χ3n) is 1.32. The van der Waals surface area contributed by atoms with Crippen molar-refractivity contribution in [3.8, 4) is 0 Å². The summed E-state index contributed by atoms with van der Waals surface area (Å²) in [5, 5.41) is 0. The maximum atomic E-state index is 3.90. The second kappa shape index (κ2) is 4.32. The van der Waals surface area contributed by atoms with E-state index in [1.165, 1.54) is 5.57 Å². The van der Waals surface area contributed by atoms with Gasteiger partial charge in [-0.3, -0.25) is 4.99 Å². The van der Waals surface area contributed by atoms with Crippen LogP contribution in [0.4, 0.5) is 0 Å². The van der Waals surface area contributed by atoms with E-state index in [0.717, 1.165) is 6.42 Å². The van der Waals surface area contributed by atoms with Crippen molar-refractivity contribution in [3.63, 3.8) is 0 Å². The molecular formula is C10H19N. The number of rotatable bonds is 2. The van der Waals surface area contributed by atoms with Crippen LogP contribution in [-0.2, 0) is 0 Å². The molecule has 0 aromatic heterocycles. The van der Waals surface area contributed by atoms with Gasteiger partial charge in [0.05, 0.1) is 0 Å². The molecule has 0 aliphatic carbocycles. The summed E-state index contributed by atoms with van der Waals surface area (Å²) in [6.45, 7) is 8.88. The van der Waals surface area contributed by atoms with E-state index in [1.54, 1.807) is 7.05 Å². The van der Waals surface area contributed by atoms with Crippen LogP contribution in [0.3, 0.4) is 0 Å². The summed E-state index contributed by atoms with van der Waals surface area (Å²) in [7, 11) is 1.79. The Bertz CT molecular complexity index is 158. The lowest BCUT2D eigenvalue weighted by Gasteiger charge is -2.17. The Kier molecular flexibility index (Phi) is 4.09. The van der Waals surface area contributed by atoms with E-state index >= 15 is 0 Å². The molecule has 0 bridgehead atoms. The van der Waals surface area contributed by atoms with Crippen molar-refractivity contribution in [2.45, 2.75) is 34.1 Å². The number of hydrogen-bond acceptors (Lipinski definition) is 1. The zero-order valence-corrected chi connectivity index (χ0v) is 8.31. The van der Waals surface area contributed by atoms with Crippen molar-refractivity contribution in [1.82, 2.24) is 0 Å². The number of nitrogens with zero attached hydrogens (tertiary/aromatic N) is 1. The van der Waals surface area contributed by atoms with Crippen LogP contribution in [0.5, 0.6) is 0 Å². The largest absolute Gasteiger partial charge is 0.297 e. The molecule has 0 aromatic carbocycles. The standard InChI is InChI=1S/C10H19N/c1-9(6-7-11-5)8-10(2,3)4/h6-7H,8H2,1-5H3/b9-6+,11-7-. The molecular weight excluding hydrogens is 134 g/mol. The molecule has 0 spiro atoms. The predicted molar refractivity (Wildman–Crippen MR) is 52.2 cm³/mol. The average Bonchev–Trinajstić information content (AvgIpc) is 1.79. The third-order valence-corrected chi connectivity index (χ3v) is 1.32. The van der Waals surface area contributed by atoms with E-state index in [9.17, 15) is 0 Å². The minimum absolute atomic E-state index is 0.391. The van der Waals surface area contributed by atoms with Gasteiger partial charge in [-0.15, -0.1) is 0 Å². The van der Waals surface area contributed by atoms with Crippen LogP contribution < -0.4 is 0 Å². The molecule has 1 heteroatoms. The number of hydrogen-bond donors (Lipinski definition) is 0. The quantitative estimate of drug-likeness (QED) is 0.541. The topological polar surface area (TPSA) is 12.4 Å². The first-order valence-corrected chi connectivity index (χ1v) is 4.03. The molecule has 0 aromatic rings. The summed E-state index contributed by atoms with van der Waals surface area (Å²) in [6.07, 6.45) is 5.06. The van der Waals surface area contributed by atoms with E-state index in [1.807, 2.05) is 6.21 Å². The van der Waals surface area contributed by atoms with Crippen LogP contribution in [0, 0.1) is 5.41 Å². The van der Waals surface area contributed by atoms with Crippen molar-refractivity contribution in [1.29, 1.82) is 0 Å². The molecule has 0 heterocycles. The Hall–Kier alpha value is -0.590. The zero-order valence-electron chi connectivity index (χ0n) is 8.31. The SMILES string of the molecule is C/N=C\C=C(/C)CC(C)(C)C. The highest BCUT2D eigenvalue weighted by Crippen LogP contribution is 2.22. The van der Waals surface area contributed by atoms with Gasteiger partial charge >= 0.3 is 0 Å². The van der Waals surface area contributed by atoms with E-state index in [-0.39, 0.29) is 0 Å². The molecule has 11 heavy (non-hydrogen) atoms. The fraction of sp³-hybridized carbons (Fsp3) is 0.700. The molecule has 64 valence electrons. The lowest BCUT2D eigenvalue weighted by molar-refractivity contribution is 0.410. The van der Waals surface area contributed by atoms with Crippen LogP contribution in [-0.4, -0.2) is 13.3 Å². The van der Waals surface area contributed by atoms with Crippen molar-refractivity contribution in [2.75, 3.05) is 7.05 Å². The first-order chi connectivity index (χ1) is 4.95. The predicted octanol–water partition coefficient (Wildman–Crippen LogP) is 3.07. The Morgan fingerprint density at radius 3 is 2.27 bits per heavy atom. The smallest absolute Gasteiger partial charge is 0.0277 e. The van der Waals surface area contributed by atoms with Crippen LogP contribution in [0.2, 0.25) is 0 Å². The molecule has 0 saturated heterocycles. The maximum Gasteiger partial charge on any atom is 0.0277 e. The van der Waals surface area contributed by atoms with Crippen molar-refractivity contribution in [2.24, 2.45) is 10.4 Å². The minimum atomic E-state index is 0.391. The lowest BCUT2D eigenvalue weighted by atomic mass is 9.88. The minimum Gasteiger partial charge on any atom is -0.297 e. The number of aliphatic imine (C=N–C) groups is 1. The fourth-order valence-electron chi connectivity index (χ4n) is 1.10. The van der Waals surface area contributed by atoms with Crippen LogP contribution in [0.1, 0.15) is 34.1 Å². The molecule has 0 radical (unpaired) electrons. The monoisotopic (exact) mass is 153 g/mol. The van der Waals surface area contributed by atoms with E-state index < -0.39 is 0 Å². The average molecular weight is 153 g/mol. The van der Waals surface area contributed by atoms with Crippen molar-refractivity contribution < 1.29 is 0 Å². The third kappa shape index (κ3) is 7.31. The normalized spacial score (nSPS) is 14.5. The summed E-state index contributed by atoms with van der Waals surface area (Å²) in [4.78, 5) is 3.90. The second-order valence-electron chi connectivity index (χ2n) is 4.16. The van der Waals surface area contributed by atoms with Gasteiger partial charge < -0.3 is 0 Å². The molecule has 0 amide bonds. The molecule has 0 saturated carbocycles. The van der Waals surface area contributed by atoms with Gasteiger partial charge in [0.15, 0.2) is 0 Å². The summed E-state index contributed by atoms with van der Waals surface area (Å²) < 4.78 is 0. The van der Waals surface area contributed by atoms with Gasteiger partial charge in [0, 0.05) is 13.3 Å². The maximum absolute atomic E-state index is 3.90. The summed E-state index contributed by atoms with van der Waals surface area (Å²) >= 11 is 0. The van der Waals surface area contributed by atoms with Gasteiger partial charge in [0.25, 0.3) is 0 Å². The van der Waals surface area contributed by atoms with E-state index in [0.29, 0.717) is 5.41 Å². The van der Waals surface area contributed by atoms with Gasteiger partial charge in [-0.05, 0) is 24.8 Å². The van der Waals surface area contributed by atoms with Crippen LogP contribution in [0.15, 0.2) is 16.6 Å².